The molecule has 0 spiro atoms. The highest BCUT2D eigenvalue weighted by Crippen LogP contribution is 2.25. The van der Waals surface area contributed by atoms with Gasteiger partial charge >= 0.3 is 0 Å². The molecule has 1 unspecified atom stereocenters. The number of nitrogens with zero attached hydrogens (tertiary/aromatic N) is 2. The molecule has 0 saturated heterocycles. The first-order valence-electron chi connectivity index (χ1n) is 5.54. The Hall–Kier alpha value is -0.960. The molecular weight excluding hydrogens is 220 g/mol. The predicted molar refractivity (Wildman–Crippen MR) is 66.7 cm³/mol. The van der Waals surface area contributed by atoms with Gasteiger partial charge in [-0.05, 0) is 30.8 Å². The molecule has 0 fully saturated rings. The van der Waals surface area contributed by atoms with Crippen LogP contribution in [-0.4, -0.2) is 9.59 Å². The Balaban J connectivity index is 2.63. The topological polar surface area (TPSA) is 63.8 Å². The number of rotatable bonds is 7. The monoisotopic (exact) mass is 238 g/mol. The van der Waals surface area contributed by atoms with Gasteiger partial charge in [-0.2, -0.15) is 0 Å². The molecule has 0 aromatic carbocycles. The molecule has 0 aliphatic rings. The number of hydrogen-bond donors (Lipinski definition) is 2. The molecule has 88 valence electrons. The maximum Gasteiger partial charge on any atom is 0.0804 e. The molecule has 0 aliphatic carbocycles. The van der Waals surface area contributed by atoms with Crippen molar-refractivity contribution >= 4 is 11.5 Å². The van der Waals surface area contributed by atoms with Crippen molar-refractivity contribution in [2.75, 3.05) is 0 Å². The van der Waals surface area contributed by atoms with Crippen molar-refractivity contribution in [1.29, 1.82) is 0 Å². The molecule has 1 rings (SSSR count). The van der Waals surface area contributed by atoms with Crippen LogP contribution in [0.4, 0.5) is 0 Å². The summed E-state index contributed by atoms with van der Waals surface area (Å²) in [6.07, 6.45) is 9.94. The van der Waals surface area contributed by atoms with Crippen LogP contribution in [0.2, 0.25) is 0 Å². The second kappa shape index (κ2) is 7.34. The lowest BCUT2D eigenvalue weighted by atomic mass is 10.1. The highest BCUT2D eigenvalue weighted by molar-refractivity contribution is 7.05. The van der Waals surface area contributed by atoms with Gasteiger partial charge in [0.2, 0.25) is 0 Å². The van der Waals surface area contributed by atoms with Crippen LogP contribution in [0, 0.1) is 12.3 Å². The Labute approximate surface area is 101 Å². The number of nitrogens with one attached hydrogen (secondary N) is 1. The maximum atomic E-state index is 5.56. The molecule has 1 aromatic heterocycles. The van der Waals surface area contributed by atoms with E-state index < -0.39 is 0 Å². The highest BCUT2D eigenvalue weighted by atomic mass is 32.1. The lowest BCUT2D eigenvalue weighted by Gasteiger charge is -2.13. The summed E-state index contributed by atoms with van der Waals surface area (Å²) in [7, 11) is 0. The van der Waals surface area contributed by atoms with Crippen molar-refractivity contribution in [3.63, 3.8) is 0 Å². The summed E-state index contributed by atoms with van der Waals surface area (Å²) < 4.78 is 3.99. The van der Waals surface area contributed by atoms with Crippen molar-refractivity contribution < 1.29 is 0 Å². The third-order valence-electron chi connectivity index (χ3n) is 2.40. The van der Waals surface area contributed by atoms with Gasteiger partial charge < -0.3 is 0 Å². The van der Waals surface area contributed by atoms with Gasteiger partial charge in [0.25, 0.3) is 0 Å². The fourth-order valence-electron chi connectivity index (χ4n) is 1.59. The van der Waals surface area contributed by atoms with Gasteiger partial charge in [-0.15, -0.1) is 17.4 Å². The molecule has 1 atom stereocenters. The molecule has 1 aromatic rings. The largest absolute Gasteiger partial charge is 0.271 e. The Morgan fingerprint density at radius 3 is 3.06 bits per heavy atom. The summed E-state index contributed by atoms with van der Waals surface area (Å²) in [5.41, 5.74) is 3.89. The van der Waals surface area contributed by atoms with E-state index in [1.54, 1.807) is 0 Å². The Morgan fingerprint density at radius 1 is 1.62 bits per heavy atom. The van der Waals surface area contributed by atoms with Gasteiger partial charge in [0.05, 0.1) is 16.6 Å². The van der Waals surface area contributed by atoms with Crippen molar-refractivity contribution in [2.45, 2.75) is 45.1 Å². The number of hydrogen-bond acceptors (Lipinski definition) is 5. The van der Waals surface area contributed by atoms with E-state index in [2.05, 4.69) is 27.9 Å². The number of aryl methyl sites for hydroxylation is 1. The fourth-order valence-corrected chi connectivity index (χ4v) is 2.38. The van der Waals surface area contributed by atoms with Gasteiger partial charge in [0, 0.05) is 6.42 Å². The van der Waals surface area contributed by atoms with Gasteiger partial charge in [-0.1, -0.05) is 17.8 Å². The lowest BCUT2D eigenvalue weighted by Crippen LogP contribution is -2.28. The van der Waals surface area contributed by atoms with Crippen LogP contribution in [0.1, 0.15) is 49.2 Å². The van der Waals surface area contributed by atoms with Crippen LogP contribution < -0.4 is 11.3 Å². The van der Waals surface area contributed by atoms with Crippen molar-refractivity contribution in [3.05, 3.63) is 10.6 Å². The van der Waals surface area contributed by atoms with E-state index in [4.69, 9.17) is 12.3 Å². The van der Waals surface area contributed by atoms with Gasteiger partial charge in [0.1, 0.15) is 0 Å². The van der Waals surface area contributed by atoms with Crippen LogP contribution in [-0.2, 0) is 6.42 Å². The maximum absolute atomic E-state index is 5.56. The normalized spacial score (nSPS) is 12.3. The molecule has 0 amide bonds. The first-order valence-corrected chi connectivity index (χ1v) is 6.31. The minimum Gasteiger partial charge on any atom is -0.271 e. The zero-order valence-corrected chi connectivity index (χ0v) is 10.4. The zero-order chi connectivity index (χ0) is 11.8. The van der Waals surface area contributed by atoms with Gasteiger partial charge in [0.15, 0.2) is 0 Å². The standard InChI is InChI=1S/C11H18N4S/c1-3-5-6-8-9(13-12)11-10(7-4-2)14-15-16-11/h1,9,13H,4-8,12H2,2H3. The summed E-state index contributed by atoms with van der Waals surface area (Å²) in [5.74, 6) is 8.20. The molecule has 5 heteroatoms. The number of unbranched alkanes of at least 4 members (excludes halogenated alkanes) is 1. The Morgan fingerprint density at radius 2 is 2.44 bits per heavy atom. The van der Waals surface area contributed by atoms with Crippen LogP contribution in [0.5, 0.6) is 0 Å². The lowest BCUT2D eigenvalue weighted by molar-refractivity contribution is 0.505. The second-order valence-electron chi connectivity index (χ2n) is 3.65. The fraction of sp³-hybridized carbons (Fsp3) is 0.636. The molecule has 16 heavy (non-hydrogen) atoms. The SMILES string of the molecule is C#CCCCC(NN)c1snnc1CCC. The number of hydrazine groups is 1. The molecule has 1 heterocycles. The predicted octanol–water partition coefficient (Wildman–Crippen LogP) is 1.80. The average Bonchev–Trinajstić information content (AvgIpc) is 2.73. The molecular formula is C11H18N4S. The zero-order valence-electron chi connectivity index (χ0n) is 9.57. The van der Waals surface area contributed by atoms with Crippen molar-refractivity contribution in [2.24, 2.45) is 5.84 Å². The third kappa shape index (κ3) is 3.56. The van der Waals surface area contributed by atoms with Gasteiger partial charge in [-0.25, -0.2) is 0 Å². The van der Waals surface area contributed by atoms with E-state index in [9.17, 15) is 0 Å². The summed E-state index contributed by atoms with van der Waals surface area (Å²) in [4.78, 5) is 1.15. The van der Waals surface area contributed by atoms with Crippen LogP contribution in [0.25, 0.3) is 0 Å². The molecule has 0 radical (unpaired) electrons. The first kappa shape index (κ1) is 13.1. The summed E-state index contributed by atoms with van der Waals surface area (Å²) in [6.45, 7) is 2.13. The van der Waals surface area contributed by atoms with E-state index in [0.29, 0.717) is 0 Å². The van der Waals surface area contributed by atoms with E-state index in [1.807, 2.05) is 0 Å². The highest BCUT2D eigenvalue weighted by Gasteiger charge is 2.17. The van der Waals surface area contributed by atoms with Crippen molar-refractivity contribution in [3.8, 4) is 12.3 Å². The average molecular weight is 238 g/mol. The molecule has 0 saturated carbocycles. The van der Waals surface area contributed by atoms with E-state index in [-0.39, 0.29) is 6.04 Å². The minimum atomic E-state index is 0.134. The summed E-state index contributed by atoms with van der Waals surface area (Å²) >= 11 is 1.42. The molecule has 3 N–H and O–H groups in total. The number of aromatic nitrogens is 2. The number of terminal acetylenes is 1. The van der Waals surface area contributed by atoms with Crippen LogP contribution >= 0.6 is 11.5 Å². The van der Waals surface area contributed by atoms with Gasteiger partial charge in [-0.3, -0.25) is 11.3 Å². The second-order valence-corrected chi connectivity index (χ2v) is 4.44. The first-order chi connectivity index (χ1) is 7.83. The summed E-state index contributed by atoms with van der Waals surface area (Å²) in [6, 6.07) is 0.134. The molecule has 0 aliphatic heterocycles. The summed E-state index contributed by atoms with van der Waals surface area (Å²) in [5, 5.41) is 4.14. The van der Waals surface area contributed by atoms with E-state index in [0.717, 1.165) is 42.7 Å². The van der Waals surface area contributed by atoms with Crippen LogP contribution in [0.15, 0.2) is 0 Å². The Kier molecular flexibility index (Phi) is 6.01. The number of nitrogens with two attached hydrogens (primary N) is 1. The minimum absolute atomic E-state index is 0.134. The van der Waals surface area contributed by atoms with Crippen LogP contribution in [0.3, 0.4) is 0 Å². The van der Waals surface area contributed by atoms with Crippen molar-refractivity contribution in [1.82, 2.24) is 15.0 Å². The Bertz CT molecular complexity index is 342. The third-order valence-corrected chi connectivity index (χ3v) is 3.28. The molecule has 4 nitrogen and oxygen atoms in total. The quantitative estimate of drug-likeness (QED) is 0.329. The smallest absolute Gasteiger partial charge is 0.0804 e. The van der Waals surface area contributed by atoms with E-state index in [1.165, 1.54) is 11.5 Å². The van der Waals surface area contributed by atoms with E-state index >= 15 is 0 Å². The molecule has 0 bridgehead atoms.